The molecular formula is C26H35N3O3. The van der Waals surface area contributed by atoms with Gasteiger partial charge in [0.05, 0.1) is 5.60 Å². The molecule has 2 aromatic rings. The standard InChI is InChI=1S/C26H35N3O3/c30-25(31)23(20-8-3-1-4-9-20)26(32)14-18-29(19-15-26)17-6-2-5-11-22-13-12-21-10-7-16-27-24(21)28-22/h1,3-4,8-9,12-13,23,32H,2,5-7,10-11,14-19H2,(H,27,28)(H,30,31). The number of rotatable bonds is 9. The predicted octanol–water partition coefficient (Wildman–Crippen LogP) is 3.85. The Labute approximate surface area is 190 Å². The van der Waals surface area contributed by atoms with E-state index in [0.717, 1.165) is 64.1 Å². The minimum Gasteiger partial charge on any atom is -0.481 e. The lowest BCUT2D eigenvalue weighted by atomic mass is 9.76. The Morgan fingerprint density at radius 1 is 1.09 bits per heavy atom. The Hall–Kier alpha value is -2.44. The van der Waals surface area contributed by atoms with Gasteiger partial charge in [0.25, 0.3) is 0 Å². The van der Waals surface area contributed by atoms with Gasteiger partial charge in [-0.1, -0.05) is 42.8 Å². The zero-order chi connectivity index (χ0) is 22.4. The van der Waals surface area contributed by atoms with Crippen LogP contribution in [0.1, 0.15) is 61.3 Å². The van der Waals surface area contributed by atoms with E-state index in [-0.39, 0.29) is 0 Å². The van der Waals surface area contributed by atoms with E-state index in [4.69, 9.17) is 4.98 Å². The average Bonchev–Trinajstić information content (AvgIpc) is 2.80. The number of aliphatic carboxylic acids is 1. The summed E-state index contributed by atoms with van der Waals surface area (Å²) in [5, 5.41) is 24.4. The number of carbonyl (C=O) groups is 1. The quantitative estimate of drug-likeness (QED) is 0.517. The number of benzene rings is 1. The third-order valence-electron chi connectivity index (χ3n) is 7.00. The Bertz CT molecular complexity index is 894. The van der Waals surface area contributed by atoms with Crippen LogP contribution in [0.15, 0.2) is 42.5 Å². The molecule has 1 aromatic heterocycles. The van der Waals surface area contributed by atoms with Crippen molar-refractivity contribution >= 4 is 11.8 Å². The van der Waals surface area contributed by atoms with E-state index >= 15 is 0 Å². The van der Waals surface area contributed by atoms with E-state index in [1.165, 1.54) is 17.7 Å². The van der Waals surface area contributed by atoms with Gasteiger partial charge in [-0.3, -0.25) is 4.79 Å². The van der Waals surface area contributed by atoms with Gasteiger partial charge in [0.2, 0.25) is 0 Å². The largest absolute Gasteiger partial charge is 0.481 e. The summed E-state index contributed by atoms with van der Waals surface area (Å²) in [5.74, 6) is -0.743. The number of nitrogens with one attached hydrogen (secondary N) is 1. The molecule has 172 valence electrons. The first-order valence-corrected chi connectivity index (χ1v) is 12.0. The van der Waals surface area contributed by atoms with Gasteiger partial charge in [-0.2, -0.15) is 0 Å². The number of aliphatic hydroxyl groups is 1. The highest BCUT2D eigenvalue weighted by atomic mass is 16.4. The summed E-state index contributed by atoms with van der Waals surface area (Å²) in [4.78, 5) is 19.1. The number of nitrogens with zero attached hydrogens (tertiary/aromatic N) is 2. The first-order chi connectivity index (χ1) is 15.5. The van der Waals surface area contributed by atoms with Crippen LogP contribution in [0, 0.1) is 0 Å². The van der Waals surface area contributed by atoms with Crippen LogP contribution in [0.3, 0.4) is 0 Å². The van der Waals surface area contributed by atoms with Crippen LogP contribution in [0.2, 0.25) is 0 Å². The third-order valence-corrected chi connectivity index (χ3v) is 7.00. The fourth-order valence-electron chi connectivity index (χ4n) is 5.11. The molecule has 0 radical (unpaired) electrons. The summed E-state index contributed by atoms with van der Waals surface area (Å²) >= 11 is 0. The lowest BCUT2D eigenvalue weighted by Gasteiger charge is -2.41. The van der Waals surface area contributed by atoms with Crippen molar-refractivity contribution < 1.29 is 15.0 Å². The molecule has 0 bridgehead atoms. The van der Waals surface area contributed by atoms with Crippen molar-refractivity contribution in [2.45, 2.75) is 62.9 Å². The number of hydrogen-bond donors (Lipinski definition) is 3. The molecule has 4 rings (SSSR count). The lowest BCUT2D eigenvalue weighted by Crippen LogP contribution is -2.50. The lowest BCUT2D eigenvalue weighted by molar-refractivity contribution is -0.148. The van der Waals surface area contributed by atoms with E-state index in [1.54, 1.807) is 12.1 Å². The van der Waals surface area contributed by atoms with Crippen LogP contribution >= 0.6 is 0 Å². The van der Waals surface area contributed by atoms with Gasteiger partial charge in [-0.05, 0) is 68.7 Å². The summed E-state index contributed by atoms with van der Waals surface area (Å²) in [6, 6.07) is 13.5. The molecule has 0 amide bonds. The topological polar surface area (TPSA) is 85.7 Å². The molecule has 3 heterocycles. The number of aromatic nitrogens is 1. The van der Waals surface area contributed by atoms with Crippen molar-refractivity contribution in [2.75, 3.05) is 31.5 Å². The van der Waals surface area contributed by atoms with Crippen molar-refractivity contribution in [1.82, 2.24) is 9.88 Å². The monoisotopic (exact) mass is 437 g/mol. The summed E-state index contributed by atoms with van der Waals surface area (Å²) < 4.78 is 0. The van der Waals surface area contributed by atoms with Crippen LogP contribution in [0.25, 0.3) is 0 Å². The Balaban J connectivity index is 1.19. The maximum atomic E-state index is 11.9. The molecule has 2 aliphatic rings. The fraction of sp³-hybridized carbons (Fsp3) is 0.538. The van der Waals surface area contributed by atoms with E-state index < -0.39 is 17.5 Å². The van der Waals surface area contributed by atoms with Gasteiger partial charge in [0.1, 0.15) is 11.7 Å². The number of likely N-dealkylation sites (tertiary alicyclic amines) is 1. The maximum absolute atomic E-state index is 11.9. The molecule has 6 heteroatoms. The molecule has 0 saturated carbocycles. The summed E-state index contributed by atoms with van der Waals surface area (Å²) in [5.41, 5.74) is 2.00. The Morgan fingerprint density at radius 2 is 1.88 bits per heavy atom. The van der Waals surface area contributed by atoms with Crippen LogP contribution in [-0.4, -0.2) is 57.8 Å². The zero-order valence-electron chi connectivity index (χ0n) is 18.8. The number of anilines is 1. The van der Waals surface area contributed by atoms with Crippen molar-refractivity contribution in [1.29, 1.82) is 0 Å². The summed E-state index contributed by atoms with van der Waals surface area (Å²) in [6.45, 7) is 3.50. The first kappa shape index (κ1) is 22.7. The van der Waals surface area contributed by atoms with Gasteiger partial charge < -0.3 is 20.4 Å². The fourth-order valence-corrected chi connectivity index (χ4v) is 5.11. The molecule has 1 atom stereocenters. The molecule has 1 saturated heterocycles. The van der Waals surface area contributed by atoms with E-state index in [0.29, 0.717) is 18.4 Å². The molecular weight excluding hydrogens is 402 g/mol. The number of unbranched alkanes of at least 4 members (excludes halogenated alkanes) is 2. The van der Waals surface area contributed by atoms with Crippen molar-refractivity contribution in [3.8, 4) is 0 Å². The molecule has 1 unspecified atom stereocenters. The molecule has 3 N–H and O–H groups in total. The van der Waals surface area contributed by atoms with Crippen LogP contribution < -0.4 is 5.32 Å². The minimum absolute atomic E-state index is 0.491. The number of pyridine rings is 1. The van der Waals surface area contributed by atoms with Crippen LogP contribution in [0.4, 0.5) is 5.82 Å². The highest BCUT2D eigenvalue weighted by Crippen LogP contribution is 2.37. The number of carboxylic acid groups (broad SMARTS) is 1. The van der Waals surface area contributed by atoms with Gasteiger partial charge >= 0.3 is 5.97 Å². The van der Waals surface area contributed by atoms with E-state index in [2.05, 4.69) is 22.3 Å². The van der Waals surface area contributed by atoms with Crippen LogP contribution in [-0.2, 0) is 17.6 Å². The van der Waals surface area contributed by atoms with Crippen LogP contribution in [0.5, 0.6) is 0 Å². The normalized spacial score (nSPS) is 19.0. The average molecular weight is 438 g/mol. The third kappa shape index (κ3) is 5.48. The van der Waals surface area contributed by atoms with E-state index in [1.807, 2.05) is 18.2 Å². The van der Waals surface area contributed by atoms with Gasteiger partial charge in [-0.15, -0.1) is 0 Å². The summed E-state index contributed by atoms with van der Waals surface area (Å²) in [7, 11) is 0. The second-order valence-corrected chi connectivity index (χ2v) is 9.28. The number of fused-ring (bicyclic) bond motifs is 1. The first-order valence-electron chi connectivity index (χ1n) is 12.0. The number of aryl methyl sites for hydroxylation is 2. The second-order valence-electron chi connectivity index (χ2n) is 9.28. The second kappa shape index (κ2) is 10.5. The van der Waals surface area contributed by atoms with Crippen molar-refractivity contribution in [2.24, 2.45) is 0 Å². The van der Waals surface area contributed by atoms with Gasteiger partial charge in [0.15, 0.2) is 0 Å². The SMILES string of the molecule is O=C(O)C(c1ccccc1)C1(O)CCN(CCCCCc2ccc3c(n2)NCCC3)CC1. The summed E-state index contributed by atoms with van der Waals surface area (Å²) in [6.07, 6.45) is 7.68. The van der Waals surface area contributed by atoms with Gasteiger partial charge in [-0.25, -0.2) is 4.98 Å². The number of carboxylic acids is 1. The Kier molecular flexibility index (Phi) is 7.43. The highest BCUT2D eigenvalue weighted by Gasteiger charge is 2.44. The van der Waals surface area contributed by atoms with Gasteiger partial charge in [0, 0.05) is 25.3 Å². The maximum Gasteiger partial charge on any atom is 0.313 e. The molecule has 0 spiro atoms. The molecule has 1 aromatic carbocycles. The smallest absolute Gasteiger partial charge is 0.313 e. The van der Waals surface area contributed by atoms with Crippen molar-refractivity contribution in [3.05, 3.63) is 59.3 Å². The minimum atomic E-state index is -1.18. The molecule has 0 aliphatic carbocycles. The highest BCUT2D eigenvalue weighted by molar-refractivity contribution is 5.77. The van der Waals surface area contributed by atoms with E-state index in [9.17, 15) is 15.0 Å². The number of piperidine rings is 1. The molecule has 1 fully saturated rings. The Morgan fingerprint density at radius 3 is 2.62 bits per heavy atom. The van der Waals surface area contributed by atoms with Crippen molar-refractivity contribution in [3.63, 3.8) is 0 Å². The molecule has 2 aliphatic heterocycles. The number of hydrogen-bond acceptors (Lipinski definition) is 5. The molecule has 6 nitrogen and oxygen atoms in total. The molecule has 32 heavy (non-hydrogen) atoms. The predicted molar refractivity (Wildman–Crippen MR) is 126 cm³/mol. The zero-order valence-corrected chi connectivity index (χ0v) is 18.8.